The van der Waals surface area contributed by atoms with Crippen LogP contribution < -0.4 is 4.90 Å². The maximum Gasteiger partial charge on any atom is 0.292 e. The van der Waals surface area contributed by atoms with Gasteiger partial charge in [0.25, 0.3) is 4.84 Å². The lowest BCUT2D eigenvalue weighted by atomic mass is 10.0. The molecule has 1 unspecified atom stereocenters. The minimum Gasteiger partial charge on any atom is -0.409 e. The first-order valence-corrected chi connectivity index (χ1v) is 8.34. The van der Waals surface area contributed by atoms with Crippen LogP contribution in [0, 0.1) is 10.7 Å². The van der Waals surface area contributed by atoms with Gasteiger partial charge >= 0.3 is 0 Å². The minimum absolute atomic E-state index is 0.284. The molecule has 24 heavy (non-hydrogen) atoms. The monoisotopic (exact) mass is 342 g/mol. The van der Waals surface area contributed by atoms with Gasteiger partial charge in [0.05, 0.1) is 6.54 Å². The van der Waals surface area contributed by atoms with Gasteiger partial charge in [0.1, 0.15) is 12.4 Å². The van der Waals surface area contributed by atoms with E-state index >= 15 is 0 Å². The number of benzene rings is 2. The van der Waals surface area contributed by atoms with Gasteiger partial charge in [0.2, 0.25) is 5.89 Å². The van der Waals surface area contributed by atoms with Crippen LogP contribution >= 0.6 is 12.2 Å². The molecule has 6 heteroatoms. The molecule has 1 aliphatic rings. The Bertz CT molecular complexity index is 917. The van der Waals surface area contributed by atoms with Crippen LogP contribution in [0.1, 0.15) is 11.1 Å². The van der Waals surface area contributed by atoms with Gasteiger partial charge in [-0.3, -0.25) is 0 Å². The van der Waals surface area contributed by atoms with Crippen LogP contribution in [0.5, 0.6) is 0 Å². The summed E-state index contributed by atoms with van der Waals surface area (Å²) in [6, 6.07) is 14.6. The molecule has 1 N–H and O–H groups in total. The van der Waals surface area contributed by atoms with E-state index in [0.717, 1.165) is 25.1 Å². The Morgan fingerprint density at radius 3 is 2.67 bits per heavy atom. The second-order valence-electron chi connectivity index (χ2n) is 6.03. The topological polar surface area (TPSA) is 35.4 Å². The summed E-state index contributed by atoms with van der Waals surface area (Å²) in [5.41, 5.74) is 3.53. The number of halogens is 1. The fraction of sp³-hybridized carbons (Fsp3) is 0.222. The van der Waals surface area contributed by atoms with Crippen molar-refractivity contribution in [1.82, 2.24) is 9.78 Å². The maximum atomic E-state index is 13.0. The molecule has 1 aliphatic heterocycles. The Morgan fingerprint density at radius 1 is 1.12 bits per heavy atom. The average molecular weight is 342 g/mol. The van der Waals surface area contributed by atoms with Crippen LogP contribution in [-0.2, 0) is 19.6 Å². The molecule has 0 saturated carbocycles. The molecular weight excluding hydrogens is 325 g/mol. The molecule has 0 fully saturated rings. The summed E-state index contributed by atoms with van der Waals surface area (Å²) in [6.45, 7) is 2.66. The third kappa shape index (κ3) is 3.02. The van der Waals surface area contributed by atoms with Crippen molar-refractivity contribution in [1.29, 1.82) is 0 Å². The maximum absolute atomic E-state index is 13.0. The average Bonchev–Trinajstić information content (AvgIpc) is 2.96. The van der Waals surface area contributed by atoms with Gasteiger partial charge in [0, 0.05) is 17.5 Å². The second kappa shape index (κ2) is 6.30. The molecule has 122 valence electrons. The quantitative estimate of drug-likeness (QED) is 0.743. The summed E-state index contributed by atoms with van der Waals surface area (Å²) >= 11 is 5.29. The van der Waals surface area contributed by atoms with E-state index in [1.54, 1.807) is 16.8 Å². The molecule has 0 spiro atoms. The molecule has 1 atom stereocenters. The smallest absolute Gasteiger partial charge is 0.292 e. The Hall–Kier alpha value is -2.31. The highest BCUT2D eigenvalue weighted by Gasteiger charge is 2.20. The molecule has 3 aromatic rings. The lowest BCUT2D eigenvalue weighted by molar-refractivity contribution is -0.939. The first-order chi connectivity index (χ1) is 11.7. The van der Waals surface area contributed by atoms with E-state index in [9.17, 15) is 4.39 Å². The number of nitrogens with zero attached hydrogens (tertiary/aromatic N) is 2. The van der Waals surface area contributed by atoms with Crippen LogP contribution in [-0.4, -0.2) is 16.3 Å². The SMILES string of the molecule is Fc1ccc(-c2nn(C[NH+]3CCc4ccccc4C3)c(=S)o2)cc1. The summed E-state index contributed by atoms with van der Waals surface area (Å²) in [5, 5.41) is 4.46. The van der Waals surface area contributed by atoms with E-state index in [1.165, 1.54) is 28.2 Å². The second-order valence-corrected chi connectivity index (χ2v) is 6.38. The molecule has 2 aromatic carbocycles. The molecule has 0 radical (unpaired) electrons. The van der Waals surface area contributed by atoms with Gasteiger partial charge in [-0.15, -0.1) is 5.10 Å². The number of rotatable bonds is 3. The molecule has 1 aromatic heterocycles. The van der Waals surface area contributed by atoms with Crippen molar-refractivity contribution < 1.29 is 13.7 Å². The Morgan fingerprint density at radius 2 is 1.88 bits per heavy atom. The normalized spacial score (nSPS) is 16.8. The number of nitrogens with one attached hydrogen (secondary N) is 1. The van der Waals surface area contributed by atoms with Crippen molar-refractivity contribution in [2.75, 3.05) is 6.54 Å². The lowest BCUT2D eigenvalue weighted by Gasteiger charge is -2.25. The van der Waals surface area contributed by atoms with Gasteiger partial charge < -0.3 is 9.32 Å². The molecule has 0 saturated heterocycles. The fourth-order valence-corrected chi connectivity index (χ4v) is 3.29. The third-order valence-electron chi connectivity index (χ3n) is 4.38. The molecule has 4 nitrogen and oxygen atoms in total. The predicted molar refractivity (Wildman–Crippen MR) is 90.4 cm³/mol. The number of hydrogen-bond acceptors (Lipinski definition) is 3. The van der Waals surface area contributed by atoms with Gasteiger partial charge in [-0.2, -0.15) is 4.68 Å². The van der Waals surface area contributed by atoms with Gasteiger partial charge in [-0.05, 0) is 42.0 Å². The molecular formula is C18H17FN3OS+. The van der Waals surface area contributed by atoms with Gasteiger partial charge in [0.15, 0.2) is 6.67 Å². The molecule has 4 rings (SSSR count). The number of hydrogen-bond donors (Lipinski definition) is 1. The summed E-state index contributed by atoms with van der Waals surface area (Å²) in [6.07, 6.45) is 1.06. The Labute approximate surface area is 144 Å². The van der Waals surface area contributed by atoms with E-state index in [1.807, 2.05) is 0 Å². The summed E-state index contributed by atoms with van der Waals surface area (Å²) in [4.78, 5) is 1.74. The van der Waals surface area contributed by atoms with E-state index < -0.39 is 0 Å². The predicted octanol–water partition coefficient (Wildman–Crippen LogP) is 2.61. The van der Waals surface area contributed by atoms with E-state index in [4.69, 9.17) is 16.6 Å². The molecule has 0 amide bonds. The standard InChI is InChI=1S/C18H16FN3OS/c19-16-7-5-14(6-8-16)17-20-22(18(24)23-17)12-21-10-9-13-3-1-2-4-15(13)11-21/h1-8H,9-12H2/p+1. The van der Waals surface area contributed by atoms with Crippen LogP contribution in [0.15, 0.2) is 52.9 Å². The van der Waals surface area contributed by atoms with Gasteiger partial charge in [-0.1, -0.05) is 24.3 Å². The largest absolute Gasteiger partial charge is 0.409 e. The molecule has 2 heterocycles. The highest BCUT2D eigenvalue weighted by molar-refractivity contribution is 7.71. The summed E-state index contributed by atoms with van der Waals surface area (Å²) < 4.78 is 20.3. The summed E-state index contributed by atoms with van der Waals surface area (Å²) in [5.74, 6) is 0.144. The zero-order chi connectivity index (χ0) is 16.5. The van der Waals surface area contributed by atoms with Crippen molar-refractivity contribution in [3.05, 3.63) is 70.3 Å². The Kier molecular flexibility index (Phi) is 4.00. The van der Waals surface area contributed by atoms with Gasteiger partial charge in [-0.25, -0.2) is 4.39 Å². The zero-order valence-corrected chi connectivity index (χ0v) is 13.9. The van der Waals surface area contributed by atoms with Crippen molar-refractivity contribution in [2.24, 2.45) is 0 Å². The van der Waals surface area contributed by atoms with Crippen molar-refractivity contribution in [3.63, 3.8) is 0 Å². The number of fused-ring (bicyclic) bond motifs is 1. The van der Waals surface area contributed by atoms with E-state index in [0.29, 0.717) is 17.4 Å². The first-order valence-electron chi connectivity index (χ1n) is 7.93. The van der Waals surface area contributed by atoms with Crippen LogP contribution in [0.25, 0.3) is 11.5 Å². The van der Waals surface area contributed by atoms with Crippen molar-refractivity contribution in [2.45, 2.75) is 19.6 Å². The zero-order valence-electron chi connectivity index (χ0n) is 13.0. The van der Waals surface area contributed by atoms with Crippen LogP contribution in [0.3, 0.4) is 0 Å². The fourth-order valence-electron chi connectivity index (χ4n) is 3.11. The highest BCUT2D eigenvalue weighted by atomic mass is 32.1. The summed E-state index contributed by atoms with van der Waals surface area (Å²) in [7, 11) is 0. The van der Waals surface area contributed by atoms with Crippen molar-refractivity contribution in [3.8, 4) is 11.5 Å². The number of quaternary nitrogens is 1. The number of aromatic nitrogens is 2. The third-order valence-corrected chi connectivity index (χ3v) is 4.67. The van der Waals surface area contributed by atoms with Crippen LogP contribution in [0.4, 0.5) is 4.39 Å². The van der Waals surface area contributed by atoms with Crippen molar-refractivity contribution >= 4 is 12.2 Å². The molecule has 0 aliphatic carbocycles. The minimum atomic E-state index is -0.284. The molecule has 0 bridgehead atoms. The van der Waals surface area contributed by atoms with E-state index in [2.05, 4.69) is 29.4 Å². The van der Waals surface area contributed by atoms with E-state index in [-0.39, 0.29) is 5.82 Å². The first kappa shape index (κ1) is 15.2. The van der Waals surface area contributed by atoms with Crippen LogP contribution in [0.2, 0.25) is 0 Å². The highest BCUT2D eigenvalue weighted by Crippen LogP contribution is 2.18. The lowest BCUT2D eigenvalue weighted by Crippen LogP contribution is -3.11. The Balaban J connectivity index is 1.54.